The molecular weight excluding hydrogens is 988 g/mol. The van der Waals surface area contributed by atoms with Gasteiger partial charge in [0.1, 0.15) is 0 Å². The molecule has 2 aromatic heterocycles. The van der Waals surface area contributed by atoms with Crippen LogP contribution in [-0.4, -0.2) is 45.0 Å². The number of aryl methyl sites for hydroxylation is 2. The van der Waals surface area contributed by atoms with Crippen LogP contribution < -0.4 is 15.9 Å². The van der Waals surface area contributed by atoms with Gasteiger partial charge in [-0.2, -0.15) is 0 Å². The third-order valence-electron chi connectivity index (χ3n) is 14.3. The molecule has 0 bridgehead atoms. The fourth-order valence-electron chi connectivity index (χ4n) is 7.56. The summed E-state index contributed by atoms with van der Waals surface area (Å²) in [6.45, 7) is 38.4. The van der Waals surface area contributed by atoms with Crippen molar-refractivity contribution < 1.29 is 8.85 Å². The van der Waals surface area contributed by atoms with E-state index in [1.54, 1.807) is 22.7 Å². The largest absolute Gasteiger partial charge is 0.410 e. The van der Waals surface area contributed by atoms with Crippen LogP contribution in [0.3, 0.4) is 0 Å². The summed E-state index contributed by atoms with van der Waals surface area (Å²) in [6.07, 6.45) is 14.2. The van der Waals surface area contributed by atoms with E-state index in [0.717, 1.165) is 53.2 Å². The van der Waals surface area contributed by atoms with Gasteiger partial charge in [-0.15, -0.1) is 11.3 Å². The Balaban J connectivity index is 0.000000356. The smallest absolute Gasteiger partial charge is 0.192 e. The van der Waals surface area contributed by atoms with Gasteiger partial charge >= 0.3 is 281 Å². The Morgan fingerprint density at radius 1 is 0.603 bits per heavy atom. The first-order valence-corrected chi connectivity index (χ1v) is 36.5. The molecule has 0 saturated carbocycles. The number of hydrogen-bond donors (Lipinski definition) is 0. The standard InChI is InChI=1S/C38H49BrNOPSSi.C20H35NOSSi/c1-30(24-25-37(41-44(7,8)38(4,5)6)31(2)28-33-29-43-32(3)40-33)26-27-42(39,34-18-12-9-13-19-34,35-20-14-10-15-21-35)36-22-16-11-17-23-36;1-10-15(2)11-12-19(22-24(8,9)20(5,6)7)16(3)13-18-14-23-17(4)21-18/h9-24,28-29,37H,25-27H2,1-8H3;11,13-14,19H,10,12H2,1-9H3/b30-24-,31-28+;15-11-,16-13+/t37-;19-/m00/s1. The van der Waals surface area contributed by atoms with E-state index < -0.39 is 21.9 Å². The Morgan fingerprint density at radius 3 is 1.24 bits per heavy atom. The Morgan fingerprint density at radius 2 is 0.941 bits per heavy atom. The number of rotatable bonds is 19. The van der Waals surface area contributed by atoms with Crippen LogP contribution in [0.2, 0.25) is 36.3 Å². The predicted octanol–water partition coefficient (Wildman–Crippen LogP) is 17.8. The Kier molecular flexibility index (Phi) is 20.8. The molecule has 0 unspecified atom stereocenters. The molecule has 2 atom stereocenters. The molecule has 5 aromatic rings. The Labute approximate surface area is 431 Å². The molecule has 0 spiro atoms. The van der Waals surface area contributed by atoms with Crippen LogP contribution in [0, 0.1) is 13.8 Å². The molecule has 4 nitrogen and oxygen atoms in total. The summed E-state index contributed by atoms with van der Waals surface area (Å²) in [5.74, 6) is 0. The van der Waals surface area contributed by atoms with E-state index in [2.05, 4.69) is 256 Å². The van der Waals surface area contributed by atoms with E-state index in [0.29, 0.717) is 0 Å². The van der Waals surface area contributed by atoms with Crippen molar-refractivity contribution >= 4 is 88.2 Å². The summed E-state index contributed by atoms with van der Waals surface area (Å²) >= 11 is 8.01. The van der Waals surface area contributed by atoms with Crippen LogP contribution >= 0.6 is 43.5 Å². The number of halogens is 1. The van der Waals surface area contributed by atoms with Gasteiger partial charge in [-0.1, -0.05) is 39.3 Å². The average Bonchev–Trinajstić information content (AvgIpc) is 3.91. The molecule has 370 valence electrons. The second kappa shape index (κ2) is 24.5. The molecular formula is C58H84BrN2O2PS2Si2. The van der Waals surface area contributed by atoms with Crippen molar-refractivity contribution in [3.05, 3.63) is 158 Å². The van der Waals surface area contributed by atoms with Gasteiger partial charge in [0, 0.05) is 5.38 Å². The van der Waals surface area contributed by atoms with Crippen molar-refractivity contribution in [2.75, 3.05) is 6.16 Å². The van der Waals surface area contributed by atoms with Gasteiger partial charge in [0.25, 0.3) is 0 Å². The summed E-state index contributed by atoms with van der Waals surface area (Å²) in [7, 11) is -3.81. The summed E-state index contributed by atoms with van der Waals surface area (Å²) in [4.78, 5) is 9.28. The molecule has 3 aromatic carbocycles. The van der Waals surface area contributed by atoms with Crippen molar-refractivity contribution in [1.82, 2.24) is 9.97 Å². The average molecular weight is 1070 g/mol. The zero-order valence-electron chi connectivity index (χ0n) is 44.7. The van der Waals surface area contributed by atoms with Crippen LogP contribution in [0.5, 0.6) is 0 Å². The number of hydrogen-bond acceptors (Lipinski definition) is 6. The third kappa shape index (κ3) is 15.3. The minimum absolute atomic E-state index is 0.0180. The van der Waals surface area contributed by atoms with Crippen molar-refractivity contribution in [2.45, 2.75) is 164 Å². The van der Waals surface area contributed by atoms with Crippen molar-refractivity contribution in [3.63, 3.8) is 0 Å². The summed E-state index contributed by atoms with van der Waals surface area (Å²) < 4.78 is 13.8. The van der Waals surface area contributed by atoms with E-state index in [9.17, 15) is 0 Å². The second-order valence-corrected chi connectivity index (χ2v) is 42.4. The number of thiazole rings is 2. The first-order chi connectivity index (χ1) is 31.7. The van der Waals surface area contributed by atoms with Gasteiger partial charge in [-0.05, 0) is 63.4 Å². The second-order valence-electron chi connectivity index (χ2n) is 21.7. The van der Waals surface area contributed by atoms with Crippen LogP contribution in [0.15, 0.2) is 136 Å². The van der Waals surface area contributed by atoms with Crippen molar-refractivity contribution in [2.24, 2.45) is 0 Å². The molecule has 5 rings (SSSR count). The van der Waals surface area contributed by atoms with Crippen LogP contribution in [0.4, 0.5) is 0 Å². The quantitative estimate of drug-likeness (QED) is 0.0470. The zero-order chi connectivity index (χ0) is 50.6. The molecule has 68 heavy (non-hydrogen) atoms. The summed E-state index contributed by atoms with van der Waals surface area (Å²) in [6, 6.07) is 33.2. The molecule has 0 aliphatic carbocycles. The SMILES string of the molecule is C/C(=C/C[C@H](O[Si](C)(C)C(C)(C)C)/C(C)=C/c1csc(C)n1)CCP(Br)(c1ccccc1)(c1ccccc1)c1ccccc1.CC/C(C)=C\C[C@H](O[Si](C)(C)C(C)(C)C)/C(C)=C/c1csc(C)n1. The number of aromatic nitrogens is 2. The minimum atomic E-state index is -2.97. The molecule has 0 N–H and O–H groups in total. The maximum atomic E-state index is 7.07. The van der Waals surface area contributed by atoms with E-state index in [4.69, 9.17) is 13.8 Å². The zero-order valence-corrected chi connectivity index (χ0v) is 50.8. The molecule has 0 saturated heterocycles. The first kappa shape index (κ1) is 57.7. The fourth-order valence-corrected chi connectivity index (χ4v) is 18.9. The number of allylic oxidation sites excluding steroid dienone is 2. The molecule has 2 heterocycles. The molecule has 10 heteroatoms. The topological polar surface area (TPSA) is 44.2 Å². The monoisotopic (exact) mass is 1070 g/mol. The van der Waals surface area contributed by atoms with E-state index in [-0.39, 0.29) is 22.3 Å². The van der Waals surface area contributed by atoms with E-state index in [1.807, 2.05) is 6.92 Å². The van der Waals surface area contributed by atoms with E-state index in [1.165, 1.54) is 38.2 Å². The number of nitrogens with zero attached hydrogens (tertiary/aromatic N) is 2. The van der Waals surface area contributed by atoms with Gasteiger partial charge in [-0.3, -0.25) is 0 Å². The third-order valence-corrected chi connectivity index (χ3v) is 34.7. The van der Waals surface area contributed by atoms with Gasteiger partial charge in [0.15, 0.2) is 8.32 Å². The Hall–Kier alpha value is -2.86. The normalized spacial score (nSPS) is 15.3. The fraction of sp³-hybridized carbons (Fsp3) is 0.448. The van der Waals surface area contributed by atoms with Crippen molar-refractivity contribution in [1.29, 1.82) is 0 Å². The molecule has 0 radical (unpaired) electrons. The maximum absolute atomic E-state index is 7.07. The van der Waals surface area contributed by atoms with Gasteiger partial charge < -0.3 is 4.43 Å². The predicted molar refractivity (Wildman–Crippen MR) is 316 cm³/mol. The van der Waals surface area contributed by atoms with E-state index >= 15 is 0 Å². The minimum Gasteiger partial charge on any atom is -0.410 e. The molecule has 0 fully saturated rings. The van der Waals surface area contributed by atoms with Crippen LogP contribution in [-0.2, 0) is 8.85 Å². The molecule has 0 amide bonds. The molecule has 0 aliphatic heterocycles. The van der Waals surface area contributed by atoms with Gasteiger partial charge in [-0.25, -0.2) is 4.98 Å². The van der Waals surface area contributed by atoms with Crippen molar-refractivity contribution in [3.8, 4) is 0 Å². The van der Waals surface area contributed by atoms with Crippen LogP contribution in [0.25, 0.3) is 12.2 Å². The van der Waals surface area contributed by atoms with Gasteiger partial charge in [0.05, 0.1) is 16.8 Å². The number of benzene rings is 3. The summed E-state index contributed by atoms with van der Waals surface area (Å²) in [5, 5.41) is 7.92. The molecule has 0 aliphatic rings. The Bertz CT molecular complexity index is 2380. The first-order valence-electron chi connectivity index (χ1n) is 24.5. The maximum Gasteiger partial charge on any atom is 0.192 e. The van der Waals surface area contributed by atoms with Crippen LogP contribution in [0.1, 0.15) is 123 Å². The van der Waals surface area contributed by atoms with Gasteiger partial charge in [0.2, 0.25) is 0 Å². The summed E-state index contributed by atoms with van der Waals surface area (Å²) in [5.41, 5.74) is 7.40.